The molecule has 4 nitrogen and oxygen atoms in total. The molecule has 0 saturated carbocycles. The fourth-order valence-electron chi connectivity index (χ4n) is 1.25. The lowest BCUT2D eigenvalue weighted by atomic mass is 10.2. The third kappa shape index (κ3) is 1.31. The number of nitrogens with zero attached hydrogens (tertiary/aromatic N) is 2. The largest absolute Gasteiger partial charge is 0.480 e. The summed E-state index contributed by atoms with van der Waals surface area (Å²) in [6.45, 7) is 0. The molecular formula is C10H8N2O2. The van der Waals surface area contributed by atoms with Crippen molar-refractivity contribution in [2.24, 2.45) is 0 Å². The molecule has 0 fully saturated rings. The first-order valence-corrected chi connectivity index (χ1v) is 4.10. The molecule has 0 saturated heterocycles. The SMILES string of the molecule is COc1nc2ncccc2cc1C=O. The summed E-state index contributed by atoms with van der Waals surface area (Å²) in [5.41, 5.74) is 1.02. The maximum Gasteiger partial charge on any atom is 0.225 e. The molecule has 0 aliphatic carbocycles. The summed E-state index contributed by atoms with van der Waals surface area (Å²) in [7, 11) is 1.48. The first-order chi connectivity index (χ1) is 6.85. The van der Waals surface area contributed by atoms with Gasteiger partial charge in [-0.2, -0.15) is 4.98 Å². The Morgan fingerprint density at radius 2 is 2.36 bits per heavy atom. The zero-order valence-electron chi connectivity index (χ0n) is 7.60. The molecule has 2 aromatic heterocycles. The number of carbonyl (C=O) groups excluding carboxylic acids is 1. The number of methoxy groups -OCH3 is 1. The molecule has 2 aromatic rings. The van der Waals surface area contributed by atoms with Gasteiger partial charge in [0.25, 0.3) is 0 Å². The Hall–Kier alpha value is -1.97. The predicted octanol–water partition coefficient (Wildman–Crippen LogP) is 1.45. The smallest absolute Gasteiger partial charge is 0.225 e. The van der Waals surface area contributed by atoms with Crippen molar-refractivity contribution >= 4 is 17.3 Å². The molecule has 0 atom stereocenters. The van der Waals surface area contributed by atoms with Crippen molar-refractivity contribution in [1.29, 1.82) is 0 Å². The normalized spacial score (nSPS) is 10.1. The Balaban J connectivity index is 2.75. The van der Waals surface area contributed by atoms with Crippen LogP contribution in [0.25, 0.3) is 11.0 Å². The van der Waals surface area contributed by atoms with Crippen LogP contribution in [0.1, 0.15) is 10.4 Å². The third-order valence-electron chi connectivity index (χ3n) is 1.90. The Bertz CT molecular complexity index is 483. The van der Waals surface area contributed by atoms with Crippen LogP contribution in [0.5, 0.6) is 5.88 Å². The van der Waals surface area contributed by atoms with Gasteiger partial charge in [-0.05, 0) is 18.2 Å². The number of hydrogen-bond acceptors (Lipinski definition) is 4. The second kappa shape index (κ2) is 3.41. The van der Waals surface area contributed by atoms with Crippen LogP contribution in [0.2, 0.25) is 0 Å². The van der Waals surface area contributed by atoms with Crippen LogP contribution in [0, 0.1) is 0 Å². The number of ether oxygens (including phenoxy) is 1. The minimum atomic E-state index is 0.311. The van der Waals surface area contributed by atoms with E-state index in [1.54, 1.807) is 18.3 Å². The number of aromatic nitrogens is 2. The van der Waals surface area contributed by atoms with Gasteiger partial charge in [0.2, 0.25) is 5.88 Å². The highest BCUT2D eigenvalue weighted by Gasteiger charge is 2.05. The quantitative estimate of drug-likeness (QED) is 0.669. The van der Waals surface area contributed by atoms with Gasteiger partial charge >= 0.3 is 0 Å². The monoisotopic (exact) mass is 188 g/mol. The number of aldehydes is 1. The van der Waals surface area contributed by atoms with Crippen molar-refractivity contribution in [1.82, 2.24) is 9.97 Å². The van der Waals surface area contributed by atoms with Gasteiger partial charge in [-0.25, -0.2) is 4.98 Å². The summed E-state index contributed by atoms with van der Waals surface area (Å²) in [4.78, 5) is 18.8. The molecule has 0 amide bonds. The summed E-state index contributed by atoms with van der Waals surface area (Å²) in [6, 6.07) is 5.36. The van der Waals surface area contributed by atoms with Crippen LogP contribution in [-0.2, 0) is 0 Å². The maximum atomic E-state index is 10.7. The second-order valence-electron chi connectivity index (χ2n) is 2.75. The molecule has 0 aliphatic heterocycles. The van der Waals surface area contributed by atoms with E-state index in [0.29, 0.717) is 17.1 Å². The number of carbonyl (C=O) groups is 1. The predicted molar refractivity (Wildman–Crippen MR) is 51.5 cm³/mol. The third-order valence-corrected chi connectivity index (χ3v) is 1.90. The van der Waals surface area contributed by atoms with Gasteiger partial charge in [-0.15, -0.1) is 0 Å². The van der Waals surface area contributed by atoms with Crippen molar-refractivity contribution in [3.8, 4) is 5.88 Å². The average molecular weight is 188 g/mol. The Morgan fingerprint density at radius 3 is 3.07 bits per heavy atom. The van der Waals surface area contributed by atoms with E-state index in [2.05, 4.69) is 9.97 Å². The van der Waals surface area contributed by atoms with Gasteiger partial charge in [0, 0.05) is 11.6 Å². The van der Waals surface area contributed by atoms with E-state index < -0.39 is 0 Å². The van der Waals surface area contributed by atoms with E-state index in [4.69, 9.17) is 4.74 Å². The molecule has 0 N–H and O–H groups in total. The van der Waals surface area contributed by atoms with Crippen molar-refractivity contribution < 1.29 is 9.53 Å². The topological polar surface area (TPSA) is 52.1 Å². The zero-order chi connectivity index (χ0) is 9.97. The number of fused-ring (bicyclic) bond motifs is 1. The Kier molecular flexibility index (Phi) is 2.10. The zero-order valence-corrected chi connectivity index (χ0v) is 7.60. The van der Waals surface area contributed by atoms with Gasteiger partial charge in [0.1, 0.15) is 0 Å². The van der Waals surface area contributed by atoms with Crippen molar-refractivity contribution in [2.45, 2.75) is 0 Å². The van der Waals surface area contributed by atoms with Crippen LogP contribution in [-0.4, -0.2) is 23.4 Å². The van der Waals surface area contributed by atoms with E-state index in [-0.39, 0.29) is 0 Å². The molecule has 2 heterocycles. The van der Waals surface area contributed by atoms with Gasteiger partial charge < -0.3 is 4.74 Å². The minimum absolute atomic E-state index is 0.311. The molecule has 4 heteroatoms. The molecule has 0 aliphatic rings. The molecular weight excluding hydrogens is 180 g/mol. The molecule has 0 unspecified atom stereocenters. The number of rotatable bonds is 2. The van der Waals surface area contributed by atoms with Gasteiger partial charge in [-0.1, -0.05) is 0 Å². The van der Waals surface area contributed by atoms with E-state index >= 15 is 0 Å². The highest BCUT2D eigenvalue weighted by atomic mass is 16.5. The van der Waals surface area contributed by atoms with E-state index in [1.807, 2.05) is 6.07 Å². The molecule has 70 valence electrons. The van der Waals surface area contributed by atoms with Gasteiger partial charge in [0.05, 0.1) is 12.7 Å². The van der Waals surface area contributed by atoms with E-state index in [9.17, 15) is 4.79 Å². The lowest BCUT2D eigenvalue weighted by Crippen LogP contribution is -1.95. The Morgan fingerprint density at radius 1 is 1.50 bits per heavy atom. The number of pyridine rings is 2. The summed E-state index contributed by atoms with van der Waals surface area (Å²) in [5, 5.41) is 0.829. The van der Waals surface area contributed by atoms with Crippen LogP contribution < -0.4 is 4.74 Å². The van der Waals surface area contributed by atoms with Crippen molar-refractivity contribution in [2.75, 3.05) is 7.11 Å². The molecule has 14 heavy (non-hydrogen) atoms. The summed E-state index contributed by atoms with van der Waals surface area (Å²) >= 11 is 0. The molecule has 0 spiro atoms. The average Bonchev–Trinajstić information content (AvgIpc) is 2.27. The van der Waals surface area contributed by atoms with Crippen LogP contribution in [0.4, 0.5) is 0 Å². The van der Waals surface area contributed by atoms with Gasteiger partial charge in [0.15, 0.2) is 11.9 Å². The highest BCUT2D eigenvalue weighted by molar-refractivity contribution is 5.86. The van der Waals surface area contributed by atoms with Crippen LogP contribution in [0.3, 0.4) is 0 Å². The van der Waals surface area contributed by atoms with Crippen molar-refractivity contribution in [3.63, 3.8) is 0 Å². The fraction of sp³-hybridized carbons (Fsp3) is 0.100. The first kappa shape index (κ1) is 8.62. The van der Waals surface area contributed by atoms with E-state index in [0.717, 1.165) is 11.7 Å². The van der Waals surface area contributed by atoms with Crippen LogP contribution >= 0.6 is 0 Å². The minimum Gasteiger partial charge on any atom is -0.480 e. The second-order valence-corrected chi connectivity index (χ2v) is 2.75. The molecule has 2 rings (SSSR count). The Labute approximate surface area is 80.6 Å². The molecule has 0 aromatic carbocycles. The summed E-state index contributed by atoms with van der Waals surface area (Å²) < 4.78 is 4.96. The lowest BCUT2D eigenvalue weighted by molar-refractivity contribution is 0.112. The first-order valence-electron chi connectivity index (χ1n) is 4.10. The molecule has 0 bridgehead atoms. The summed E-state index contributed by atoms with van der Waals surface area (Å²) in [6.07, 6.45) is 2.37. The number of hydrogen-bond donors (Lipinski definition) is 0. The summed E-state index contributed by atoms with van der Waals surface area (Å²) in [5.74, 6) is 0.311. The fourth-order valence-corrected chi connectivity index (χ4v) is 1.25. The maximum absolute atomic E-state index is 10.7. The van der Waals surface area contributed by atoms with Crippen molar-refractivity contribution in [3.05, 3.63) is 30.0 Å². The van der Waals surface area contributed by atoms with Crippen LogP contribution in [0.15, 0.2) is 24.4 Å². The standard InChI is InChI=1S/C10H8N2O2/c1-14-10-8(6-13)5-7-3-2-4-11-9(7)12-10/h2-6H,1H3. The van der Waals surface area contributed by atoms with E-state index in [1.165, 1.54) is 7.11 Å². The highest BCUT2D eigenvalue weighted by Crippen LogP contribution is 2.18. The van der Waals surface area contributed by atoms with Gasteiger partial charge in [-0.3, -0.25) is 4.79 Å². The lowest BCUT2D eigenvalue weighted by Gasteiger charge is -2.03. The molecule has 0 radical (unpaired) electrons.